The van der Waals surface area contributed by atoms with Crippen LogP contribution in [0.1, 0.15) is 11.1 Å². The van der Waals surface area contributed by atoms with Crippen molar-refractivity contribution in [3.8, 4) is 5.88 Å². The topological polar surface area (TPSA) is 39.1 Å². The normalized spacial score (nSPS) is 10.4. The molecule has 0 saturated carbocycles. The van der Waals surface area contributed by atoms with Gasteiger partial charge in [0.05, 0.1) is 7.11 Å². The van der Waals surface area contributed by atoms with Gasteiger partial charge in [-0.15, -0.1) is 0 Å². The van der Waals surface area contributed by atoms with E-state index < -0.39 is 0 Å². The van der Waals surface area contributed by atoms with Crippen LogP contribution in [-0.2, 0) is 13.6 Å². The fraction of sp³-hybridized carbons (Fsp3) is 0.308. The minimum Gasteiger partial charge on any atom is -0.481 e. The lowest BCUT2D eigenvalue weighted by Crippen LogP contribution is -2.02. The Morgan fingerprint density at radius 3 is 2.78 bits per heavy atom. The van der Waals surface area contributed by atoms with Gasteiger partial charge in [0.15, 0.2) is 5.82 Å². The number of aryl methyl sites for hydroxylation is 2. The molecule has 4 nitrogen and oxygen atoms in total. The van der Waals surface area contributed by atoms with Crippen LogP contribution in [0.2, 0.25) is 0 Å². The van der Waals surface area contributed by atoms with Gasteiger partial charge >= 0.3 is 0 Å². The number of aromatic nitrogens is 2. The molecule has 0 atom stereocenters. The highest BCUT2D eigenvalue weighted by Crippen LogP contribution is 2.17. The Morgan fingerprint density at radius 2 is 2.17 bits per heavy atom. The fourth-order valence-electron chi connectivity index (χ4n) is 1.77. The number of nitrogens with zero attached hydrogens (tertiary/aromatic N) is 2. The van der Waals surface area contributed by atoms with E-state index >= 15 is 0 Å². The first-order chi connectivity index (χ1) is 8.60. The van der Waals surface area contributed by atoms with Gasteiger partial charge in [0.1, 0.15) is 5.82 Å². The highest BCUT2D eigenvalue weighted by molar-refractivity contribution is 5.40. The second-order valence-electron chi connectivity index (χ2n) is 4.12. The van der Waals surface area contributed by atoms with Gasteiger partial charge in [-0.1, -0.05) is 6.07 Å². The minimum absolute atomic E-state index is 0.212. The van der Waals surface area contributed by atoms with Crippen LogP contribution < -0.4 is 10.1 Å². The summed E-state index contributed by atoms with van der Waals surface area (Å²) in [5.41, 5.74) is 1.96. The van der Waals surface area contributed by atoms with E-state index in [0.29, 0.717) is 12.4 Å². The average molecular weight is 249 g/mol. The molecule has 96 valence electrons. The molecule has 1 heterocycles. The molecule has 2 aromatic rings. The van der Waals surface area contributed by atoms with Gasteiger partial charge in [-0.3, -0.25) is 0 Å². The smallest absolute Gasteiger partial charge is 0.213 e. The van der Waals surface area contributed by atoms with Gasteiger partial charge in [0.2, 0.25) is 5.88 Å². The van der Waals surface area contributed by atoms with Gasteiger partial charge in [-0.05, 0) is 30.2 Å². The van der Waals surface area contributed by atoms with E-state index in [1.54, 1.807) is 17.9 Å². The minimum atomic E-state index is -0.212. The lowest BCUT2D eigenvalue weighted by atomic mass is 10.1. The Balaban J connectivity index is 2.06. The molecule has 0 saturated heterocycles. The largest absolute Gasteiger partial charge is 0.481 e. The number of anilines is 1. The van der Waals surface area contributed by atoms with E-state index in [9.17, 15) is 4.39 Å². The average Bonchev–Trinajstić information content (AvgIpc) is 2.69. The van der Waals surface area contributed by atoms with Crippen molar-refractivity contribution in [2.24, 2.45) is 7.05 Å². The molecule has 2 rings (SSSR count). The number of rotatable bonds is 4. The Morgan fingerprint density at radius 1 is 1.39 bits per heavy atom. The zero-order chi connectivity index (χ0) is 13.1. The third-order valence-electron chi connectivity index (χ3n) is 2.81. The fourth-order valence-corrected chi connectivity index (χ4v) is 1.77. The number of benzene rings is 1. The number of methoxy groups -OCH3 is 1. The summed E-state index contributed by atoms with van der Waals surface area (Å²) in [7, 11) is 3.41. The van der Waals surface area contributed by atoms with E-state index in [4.69, 9.17) is 4.74 Å². The van der Waals surface area contributed by atoms with Crippen LogP contribution in [0.5, 0.6) is 5.88 Å². The predicted octanol–water partition coefficient (Wildman–Crippen LogP) is 2.49. The molecule has 0 unspecified atom stereocenters. The van der Waals surface area contributed by atoms with Gasteiger partial charge in [0, 0.05) is 19.7 Å². The monoisotopic (exact) mass is 249 g/mol. The number of ether oxygens (including phenoxy) is 1. The summed E-state index contributed by atoms with van der Waals surface area (Å²) in [5, 5.41) is 7.43. The molecule has 0 amide bonds. The molecule has 0 aliphatic heterocycles. The van der Waals surface area contributed by atoms with E-state index in [1.807, 2.05) is 20.0 Å². The van der Waals surface area contributed by atoms with Crippen LogP contribution in [0.3, 0.4) is 0 Å². The molecular formula is C13H16FN3O. The third-order valence-corrected chi connectivity index (χ3v) is 2.81. The van der Waals surface area contributed by atoms with Crippen molar-refractivity contribution < 1.29 is 9.13 Å². The molecule has 0 radical (unpaired) electrons. The predicted molar refractivity (Wildman–Crippen MR) is 68.2 cm³/mol. The SMILES string of the molecule is COc1cc(NCc2ccc(F)cc2C)nn1C. The Kier molecular flexibility index (Phi) is 3.50. The van der Waals surface area contributed by atoms with Crippen molar-refractivity contribution in [3.63, 3.8) is 0 Å². The summed E-state index contributed by atoms with van der Waals surface area (Å²) >= 11 is 0. The summed E-state index contributed by atoms with van der Waals surface area (Å²) in [5.74, 6) is 1.21. The number of hydrogen-bond acceptors (Lipinski definition) is 3. The molecule has 0 bridgehead atoms. The number of nitrogens with one attached hydrogen (secondary N) is 1. The van der Waals surface area contributed by atoms with Crippen LogP contribution in [0.15, 0.2) is 24.3 Å². The van der Waals surface area contributed by atoms with Crippen LogP contribution in [0.25, 0.3) is 0 Å². The first-order valence-corrected chi connectivity index (χ1v) is 5.67. The lowest BCUT2D eigenvalue weighted by molar-refractivity contribution is 0.373. The van der Waals surface area contributed by atoms with Crippen LogP contribution in [0.4, 0.5) is 10.2 Å². The van der Waals surface area contributed by atoms with Gasteiger partial charge in [0.25, 0.3) is 0 Å². The van der Waals surface area contributed by atoms with Crippen LogP contribution in [0, 0.1) is 12.7 Å². The zero-order valence-electron chi connectivity index (χ0n) is 10.7. The van der Waals surface area contributed by atoms with Crippen molar-refractivity contribution >= 4 is 5.82 Å². The highest BCUT2D eigenvalue weighted by Gasteiger charge is 2.05. The van der Waals surface area contributed by atoms with Crippen molar-refractivity contribution in [2.45, 2.75) is 13.5 Å². The summed E-state index contributed by atoms with van der Waals surface area (Å²) in [6.07, 6.45) is 0. The van der Waals surface area contributed by atoms with Crippen LogP contribution in [-0.4, -0.2) is 16.9 Å². The molecule has 5 heteroatoms. The molecule has 1 aromatic heterocycles. The van der Waals surface area contributed by atoms with E-state index in [0.717, 1.165) is 16.9 Å². The van der Waals surface area contributed by atoms with E-state index in [2.05, 4.69) is 10.4 Å². The molecule has 0 aliphatic rings. The summed E-state index contributed by atoms with van der Waals surface area (Å²) in [6.45, 7) is 2.49. The third kappa shape index (κ3) is 2.61. The Bertz CT molecular complexity index is 551. The van der Waals surface area contributed by atoms with Crippen molar-refractivity contribution in [2.75, 3.05) is 12.4 Å². The Labute approximate surface area is 105 Å². The molecule has 1 N–H and O–H groups in total. The maximum atomic E-state index is 13.0. The summed E-state index contributed by atoms with van der Waals surface area (Å²) < 4.78 is 19.7. The van der Waals surface area contributed by atoms with Crippen molar-refractivity contribution in [1.82, 2.24) is 9.78 Å². The lowest BCUT2D eigenvalue weighted by Gasteiger charge is -2.06. The highest BCUT2D eigenvalue weighted by atomic mass is 19.1. The summed E-state index contributed by atoms with van der Waals surface area (Å²) in [6, 6.07) is 6.58. The van der Waals surface area contributed by atoms with Crippen LogP contribution >= 0.6 is 0 Å². The number of hydrogen-bond donors (Lipinski definition) is 1. The zero-order valence-corrected chi connectivity index (χ0v) is 10.7. The van der Waals surface area contributed by atoms with Gasteiger partial charge in [-0.25, -0.2) is 9.07 Å². The first-order valence-electron chi connectivity index (χ1n) is 5.67. The van der Waals surface area contributed by atoms with Gasteiger partial charge < -0.3 is 10.1 Å². The van der Waals surface area contributed by atoms with Crippen molar-refractivity contribution in [1.29, 1.82) is 0 Å². The molecule has 18 heavy (non-hydrogen) atoms. The molecule has 0 fully saturated rings. The molecule has 0 spiro atoms. The maximum Gasteiger partial charge on any atom is 0.213 e. The second-order valence-corrected chi connectivity index (χ2v) is 4.12. The standard InChI is InChI=1S/C13H16FN3O/c1-9-6-11(14)5-4-10(9)8-15-12-7-13(18-3)17(2)16-12/h4-7H,8H2,1-3H3,(H,15,16). The quantitative estimate of drug-likeness (QED) is 0.904. The second kappa shape index (κ2) is 5.08. The van der Waals surface area contributed by atoms with E-state index in [1.165, 1.54) is 12.1 Å². The molecular weight excluding hydrogens is 233 g/mol. The maximum absolute atomic E-state index is 13.0. The molecule has 0 aliphatic carbocycles. The first kappa shape index (κ1) is 12.4. The Hall–Kier alpha value is -2.04. The molecule has 1 aromatic carbocycles. The van der Waals surface area contributed by atoms with E-state index in [-0.39, 0.29) is 5.82 Å². The number of halogens is 1. The summed E-state index contributed by atoms with van der Waals surface area (Å²) in [4.78, 5) is 0. The van der Waals surface area contributed by atoms with Gasteiger partial charge in [-0.2, -0.15) is 5.10 Å². The van der Waals surface area contributed by atoms with Crippen molar-refractivity contribution in [3.05, 3.63) is 41.2 Å².